The molecule has 5 nitrogen and oxygen atoms in total. The van der Waals surface area contributed by atoms with Crippen molar-refractivity contribution in [3.8, 4) is 17.2 Å². The summed E-state index contributed by atoms with van der Waals surface area (Å²) in [6.07, 6.45) is 2.66. The Morgan fingerprint density at radius 2 is 1.52 bits per heavy atom. The molecule has 0 amide bonds. The van der Waals surface area contributed by atoms with Gasteiger partial charge in [-0.2, -0.15) is 0 Å². The molecule has 0 aliphatic rings. The van der Waals surface area contributed by atoms with Crippen LogP contribution in [0, 0.1) is 0 Å². The molecule has 0 aliphatic carbocycles. The number of esters is 1. The van der Waals surface area contributed by atoms with E-state index >= 15 is 0 Å². The van der Waals surface area contributed by atoms with E-state index in [1.807, 2.05) is 37.3 Å². The van der Waals surface area contributed by atoms with Gasteiger partial charge < -0.3 is 18.9 Å². The molecule has 25 heavy (non-hydrogen) atoms. The molecule has 0 saturated heterocycles. The Morgan fingerprint density at radius 1 is 0.920 bits per heavy atom. The Kier molecular flexibility index (Phi) is 6.46. The SMILES string of the molecule is COc1cc(OC)c(OC)cc1/C=C/C(=O)O[C@@H](C)c1ccccc1. The van der Waals surface area contributed by atoms with Crippen molar-refractivity contribution in [1.29, 1.82) is 0 Å². The number of benzene rings is 2. The lowest BCUT2D eigenvalue weighted by Crippen LogP contribution is -2.05. The highest BCUT2D eigenvalue weighted by molar-refractivity contribution is 5.88. The normalized spacial score (nSPS) is 11.8. The summed E-state index contributed by atoms with van der Waals surface area (Å²) in [7, 11) is 4.65. The molecule has 0 aliphatic heterocycles. The summed E-state index contributed by atoms with van der Waals surface area (Å²) >= 11 is 0. The molecule has 0 radical (unpaired) electrons. The fourth-order valence-corrected chi connectivity index (χ4v) is 2.35. The first-order valence-electron chi connectivity index (χ1n) is 7.82. The van der Waals surface area contributed by atoms with Crippen LogP contribution in [0.2, 0.25) is 0 Å². The van der Waals surface area contributed by atoms with Crippen LogP contribution < -0.4 is 14.2 Å². The van der Waals surface area contributed by atoms with Gasteiger partial charge in [-0.25, -0.2) is 4.79 Å². The zero-order chi connectivity index (χ0) is 18.2. The fourth-order valence-electron chi connectivity index (χ4n) is 2.35. The zero-order valence-electron chi connectivity index (χ0n) is 14.8. The van der Waals surface area contributed by atoms with E-state index in [0.717, 1.165) is 5.56 Å². The Hall–Kier alpha value is -2.95. The molecule has 0 fully saturated rings. The number of carbonyl (C=O) groups excluding carboxylic acids is 1. The molecule has 0 heterocycles. The maximum atomic E-state index is 12.1. The van der Waals surface area contributed by atoms with Crippen LogP contribution in [0.3, 0.4) is 0 Å². The monoisotopic (exact) mass is 342 g/mol. The average Bonchev–Trinajstić information content (AvgIpc) is 2.66. The first kappa shape index (κ1) is 18.4. The minimum atomic E-state index is -0.437. The number of rotatable bonds is 7. The topological polar surface area (TPSA) is 54.0 Å². The van der Waals surface area contributed by atoms with Crippen molar-refractivity contribution < 1.29 is 23.7 Å². The Bertz CT molecular complexity index is 737. The molecule has 5 heteroatoms. The van der Waals surface area contributed by atoms with Crippen LogP contribution in [0.15, 0.2) is 48.5 Å². The van der Waals surface area contributed by atoms with Gasteiger partial charge in [0.15, 0.2) is 11.5 Å². The molecule has 2 aromatic rings. The van der Waals surface area contributed by atoms with Crippen LogP contribution in [-0.2, 0) is 9.53 Å². The summed E-state index contributed by atoms with van der Waals surface area (Å²) < 4.78 is 21.3. The van der Waals surface area contributed by atoms with E-state index in [2.05, 4.69) is 0 Å². The molecule has 0 saturated carbocycles. The third-order valence-corrected chi connectivity index (χ3v) is 3.70. The Labute approximate surface area is 147 Å². The van der Waals surface area contributed by atoms with Gasteiger partial charge in [0.05, 0.1) is 21.3 Å². The predicted molar refractivity (Wildman–Crippen MR) is 96.1 cm³/mol. The van der Waals surface area contributed by atoms with E-state index in [9.17, 15) is 4.79 Å². The molecule has 2 aromatic carbocycles. The number of carbonyl (C=O) groups is 1. The van der Waals surface area contributed by atoms with Gasteiger partial charge in [-0.1, -0.05) is 30.3 Å². The molecule has 2 rings (SSSR count). The summed E-state index contributed by atoms with van der Waals surface area (Å²) in [6.45, 7) is 1.83. The first-order valence-corrected chi connectivity index (χ1v) is 7.82. The van der Waals surface area contributed by atoms with Crippen LogP contribution in [0.4, 0.5) is 0 Å². The van der Waals surface area contributed by atoms with Crippen molar-refractivity contribution in [2.75, 3.05) is 21.3 Å². The minimum absolute atomic E-state index is 0.328. The van der Waals surface area contributed by atoms with Gasteiger partial charge in [-0.15, -0.1) is 0 Å². The lowest BCUT2D eigenvalue weighted by atomic mass is 10.1. The number of ether oxygens (including phenoxy) is 4. The van der Waals surface area contributed by atoms with E-state index in [0.29, 0.717) is 22.8 Å². The van der Waals surface area contributed by atoms with Crippen LogP contribution >= 0.6 is 0 Å². The molecule has 0 spiro atoms. The second-order valence-corrected chi connectivity index (χ2v) is 5.27. The first-order chi connectivity index (χ1) is 12.1. The van der Waals surface area contributed by atoms with E-state index in [1.165, 1.54) is 6.08 Å². The van der Waals surface area contributed by atoms with Gasteiger partial charge in [0.25, 0.3) is 0 Å². The highest BCUT2D eigenvalue weighted by atomic mass is 16.5. The summed E-state index contributed by atoms with van der Waals surface area (Å²) in [5.41, 5.74) is 1.62. The lowest BCUT2D eigenvalue weighted by molar-refractivity contribution is -0.142. The summed E-state index contributed by atoms with van der Waals surface area (Å²) in [5.74, 6) is 1.23. The fraction of sp³-hybridized carbons (Fsp3) is 0.250. The Morgan fingerprint density at radius 3 is 2.12 bits per heavy atom. The molecule has 0 N–H and O–H groups in total. The van der Waals surface area contributed by atoms with Crippen molar-refractivity contribution in [1.82, 2.24) is 0 Å². The van der Waals surface area contributed by atoms with Crippen molar-refractivity contribution in [2.24, 2.45) is 0 Å². The van der Waals surface area contributed by atoms with Crippen LogP contribution in [0.5, 0.6) is 17.2 Å². The summed E-state index contributed by atoms with van der Waals surface area (Å²) in [4.78, 5) is 12.1. The number of methoxy groups -OCH3 is 3. The van der Waals surface area contributed by atoms with Gasteiger partial charge in [-0.3, -0.25) is 0 Å². The third-order valence-electron chi connectivity index (χ3n) is 3.70. The minimum Gasteiger partial charge on any atom is -0.496 e. The van der Waals surface area contributed by atoms with Gasteiger partial charge in [0, 0.05) is 17.7 Å². The molecular formula is C20H22O5. The van der Waals surface area contributed by atoms with E-state index in [1.54, 1.807) is 39.5 Å². The molecule has 0 aromatic heterocycles. The quantitative estimate of drug-likeness (QED) is 0.562. The van der Waals surface area contributed by atoms with Crippen molar-refractivity contribution in [3.63, 3.8) is 0 Å². The van der Waals surface area contributed by atoms with Crippen molar-refractivity contribution in [2.45, 2.75) is 13.0 Å². The standard InChI is InChI=1S/C20H22O5/c1-14(15-8-6-5-7-9-15)25-20(21)11-10-16-12-18(23-3)19(24-4)13-17(16)22-2/h5-14H,1-4H3/b11-10+/t14-/m0/s1. The maximum Gasteiger partial charge on any atom is 0.331 e. The molecule has 0 bridgehead atoms. The Balaban J connectivity index is 2.13. The number of hydrogen-bond acceptors (Lipinski definition) is 5. The summed E-state index contributed by atoms with van der Waals surface area (Å²) in [6, 6.07) is 13.0. The van der Waals surface area contributed by atoms with E-state index in [-0.39, 0.29) is 6.10 Å². The predicted octanol–water partition coefficient (Wildman–Crippen LogP) is 4.03. The lowest BCUT2D eigenvalue weighted by Gasteiger charge is -2.13. The van der Waals surface area contributed by atoms with Crippen LogP contribution in [0.1, 0.15) is 24.2 Å². The maximum absolute atomic E-state index is 12.1. The molecule has 132 valence electrons. The van der Waals surface area contributed by atoms with Gasteiger partial charge >= 0.3 is 5.97 Å². The van der Waals surface area contributed by atoms with Crippen molar-refractivity contribution >= 4 is 12.0 Å². The highest BCUT2D eigenvalue weighted by Gasteiger charge is 2.12. The second-order valence-electron chi connectivity index (χ2n) is 5.27. The molecular weight excluding hydrogens is 320 g/mol. The largest absolute Gasteiger partial charge is 0.496 e. The van der Waals surface area contributed by atoms with Crippen molar-refractivity contribution in [3.05, 3.63) is 59.7 Å². The molecule has 1 atom stereocenters. The molecule has 0 unspecified atom stereocenters. The van der Waals surface area contributed by atoms with Gasteiger partial charge in [0.2, 0.25) is 0 Å². The van der Waals surface area contributed by atoms with Crippen LogP contribution in [-0.4, -0.2) is 27.3 Å². The second kappa shape index (κ2) is 8.78. The zero-order valence-corrected chi connectivity index (χ0v) is 14.8. The average molecular weight is 342 g/mol. The number of hydrogen-bond donors (Lipinski definition) is 0. The highest BCUT2D eigenvalue weighted by Crippen LogP contribution is 2.35. The van der Waals surface area contributed by atoms with Crippen LogP contribution in [0.25, 0.3) is 6.08 Å². The summed E-state index contributed by atoms with van der Waals surface area (Å²) in [5, 5.41) is 0. The third kappa shape index (κ3) is 4.76. The van der Waals surface area contributed by atoms with Gasteiger partial charge in [0.1, 0.15) is 11.9 Å². The smallest absolute Gasteiger partial charge is 0.331 e. The van der Waals surface area contributed by atoms with E-state index in [4.69, 9.17) is 18.9 Å². The van der Waals surface area contributed by atoms with Gasteiger partial charge in [-0.05, 0) is 24.6 Å². The van der Waals surface area contributed by atoms with E-state index < -0.39 is 5.97 Å².